The van der Waals surface area contributed by atoms with Crippen molar-refractivity contribution in [2.45, 2.75) is 19.1 Å². The van der Waals surface area contributed by atoms with Gasteiger partial charge in [-0.3, -0.25) is 9.78 Å². The standard InChI is InChI=1S/C15H14F2N6O3/c16-14(17)26-8-1-3-22(7-8)11-5-10(21-23-4-2-18-12(11)23)9-6-19-15(25)20-13(9)24/h2,4-6,8,14H,1,3,7H2,(H2,19,20,24,25)/t8-/m1/s1. The van der Waals surface area contributed by atoms with Gasteiger partial charge in [0.1, 0.15) is 5.69 Å². The number of hydrogen-bond acceptors (Lipinski definition) is 6. The molecular formula is C15H14F2N6O3. The number of fused-ring (bicyclic) bond motifs is 1. The number of hydrogen-bond donors (Lipinski definition) is 2. The number of halogens is 2. The first-order valence-corrected chi connectivity index (χ1v) is 7.86. The smallest absolute Gasteiger partial charge is 0.345 e. The first kappa shape index (κ1) is 16.4. The molecule has 4 rings (SSSR count). The van der Waals surface area contributed by atoms with E-state index in [1.54, 1.807) is 18.5 Å². The van der Waals surface area contributed by atoms with Crippen molar-refractivity contribution in [2.24, 2.45) is 0 Å². The van der Waals surface area contributed by atoms with Gasteiger partial charge in [-0.25, -0.2) is 14.3 Å². The van der Waals surface area contributed by atoms with Gasteiger partial charge in [0.05, 0.1) is 17.4 Å². The van der Waals surface area contributed by atoms with Gasteiger partial charge in [0.2, 0.25) is 0 Å². The van der Waals surface area contributed by atoms with Crippen molar-refractivity contribution < 1.29 is 13.5 Å². The first-order chi connectivity index (χ1) is 12.5. The number of nitrogens with one attached hydrogen (secondary N) is 2. The fraction of sp³-hybridized carbons (Fsp3) is 0.333. The second kappa shape index (κ2) is 6.33. The number of nitrogens with zero attached hydrogens (tertiary/aromatic N) is 4. The van der Waals surface area contributed by atoms with E-state index in [1.807, 2.05) is 4.90 Å². The van der Waals surface area contributed by atoms with Gasteiger partial charge in [0.25, 0.3) is 5.56 Å². The maximum Gasteiger partial charge on any atom is 0.345 e. The van der Waals surface area contributed by atoms with E-state index in [0.717, 1.165) is 0 Å². The number of ether oxygens (including phenoxy) is 1. The van der Waals surface area contributed by atoms with E-state index < -0.39 is 24.0 Å². The number of anilines is 1. The van der Waals surface area contributed by atoms with E-state index in [-0.39, 0.29) is 12.1 Å². The number of alkyl halides is 2. The zero-order valence-corrected chi connectivity index (χ0v) is 13.4. The van der Waals surface area contributed by atoms with Crippen molar-refractivity contribution >= 4 is 11.3 Å². The summed E-state index contributed by atoms with van der Waals surface area (Å²) in [5.74, 6) is 0. The Morgan fingerprint density at radius 1 is 1.35 bits per heavy atom. The van der Waals surface area contributed by atoms with Crippen LogP contribution < -0.4 is 16.1 Å². The van der Waals surface area contributed by atoms with Crippen LogP contribution in [-0.4, -0.2) is 50.4 Å². The Kier molecular flexibility index (Phi) is 3.99. The zero-order valence-electron chi connectivity index (χ0n) is 13.4. The Labute approximate surface area is 144 Å². The lowest BCUT2D eigenvalue weighted by Crippen LogP contribution is -2.25. The molecule has 0 radical (unpaired) electrons. The van der Waals surface area contributed by atoms with Crippen molar-refractivity contribution in [3.05, 3.63) is 45.5 Å². The summed E-state index contributed by atoms with van der Waals surface area (Å²) in [4.78, 5) is 33.9. The van der Waals surface area contributed by atoms with E-state index in [4.69, 9.17) is 0 Å². The molecule has 1 saturated heterocycles. The van der Waals surface area contributed by atoms with Crippen molar-refractivity contribution in [3.8, 4) is 11.3 Å². The molecule has 11 heteroatoms. The zero-order chi connectivity index (χ0) is 18.3. The predicted molar refractivity (Wildman–Crippen MR) is 87.4 cm³/mol. The van der Waals surface area contributed by atoms with Crippen LogP contribution in [0.2, 0.25) is 0 Å². The van der Waals surface area contributed by atoms with Crippen molar-refractivity contribution in [1.82, 2.24) is 24.6 Å². The molecule has 2 N–H and O–H groups in total. The van der Waals surface area contributed by atoms with E-state index in [9.17, 15) is 18.4 Å². The topological polar surface area (TPSA) is 108 Å². The van der Waals surface area contributed by atoms with Gasteiger partial charge >= 0.3 is 12.3 Å². The summed E-state index contributed by atoms with van der Waals surface area (Å²) in [6.07, 6.45) is 4.32. The molecule has 0 bridgehead atoms. The van der Waals surface area contributed by atoms with Crippen LogP contribution in [0, 0.1) is 0 Å². The predicted octanol–water partition coefficient (Wildman–Crippen LogP) is 0.591. The molecule has 1 aliphatic rings. The Hall–Kier alpha value is -3.08. The van der Waals surface area contributed by atoms with E-state index in [1.165, 1.54) is 10.7 Å². The minimum Gasteiger partial charge on any atom is -0.366 e. The summed E-state index contributed by atoms with van der Waals surface area (Å²) < 4.78 is 31.0. The fourth-order valence-electron chi connectivity index (χ4n) is 3.07. The molecule has 0 amide bonds. The summed E-state index contributed by atoms with van der Waals surface area (Å²) in [6.45, 7) is -2.04. The van der Waals surface area contributed by atoms with Gasteiger partial charge in [0.15, 0.2) is 5.65 Å². The van der Waals surface area contributed by atoms with Crippen LogP contribution in [0.5, 0.6) is 0 Å². The van der Waals surface area contributed by atoms with Crippen LogP contribution in [0.25, 0.3) is 16.9 Å². The van der Waals surface area contributed by atoms with Crippen LogP contribution in [0.1, 0.15) is 6.42 Å². The Bertz CT molecular complexity index is 1060. The fourth-order valence-corrected chi connectivity index (χ4v) is 3.07. The lowest BCUT2D eigenvalue weighted by Gasteiger charge is -2.20. The average Bonchev–Trinajstić information content (AvgIpc) is 3.22. The summed E-state index contributed by atoms with van der Waals surface area (Å²) in [7, 11) is 0. The normalized spacial score (nSPS) is 17.5. The molecule has 1 aliphatic heterocycles. The second-order valence-electron chi connectivity index (χ2n) is 5.85. The third-order valence-electron chi connectivity index (χ3n) is 4.22. The second-order valence-corrected chi connectivity index (χ2v) is 5.85. The van der Waals surface area contributed by atoms with E-state index in [2.05, 4.69) is 24.8 Å². The van der Waals surface area contributed by atoms with E-state index in [0.29, 0.717) is 30.0 Å². The SMILES string of the molecule is O=c1[nH]cc(-c2cc(N3CC[C@@H](OC(F)F)C3)c3nccn3n2)c(=O)[nH]1. The molecule has 9 nitrogen and oxygen atoms in total. The summed E-state index contributed by atoms with van der Waals surface area (Å²) in [5.41, 5.74) is 0.488. The van der Waals surface area contributed by atoms with Crippen LogP contribution in [0.3, 0.4) is 0 Å². The first-order valence-electron chi connectivity index (χ1n) is 7.86. The summed E-state index contributed by atoms with van der Waals surface area (Å²) in [6, 6.07) is 1.65. The quantitative estimate of drug-likeness (QED) is 0.702. The lowest BCUT2D eigenvalue weighted by atomic mass is 10.2. The number of aromatic nitrogens is 5. The third kappa shape index (κ3) is 2.96. The molecule has 0 aromatic carbocycles. The molecule has 3 aromatic rings. The highest BCUT2D eigenvalue weighted by Crippen LogP contribution is 2.28. The molecule has 0 aliphatic carbocycles. The Morgan fingerprint density at radius 3 is 2.96 bits per heavy atom. The van der Waals surface area contributed by atoms with Crippen LogP contribution in [0.4, 0.5) is 14.5 Å². The number of imidazole rings is 1. The summed E-state index contributed by atoms with van der Waals surface area (Å²) >= 11 is 0. The van der Waals surface area contributed by atoms with E-state index >= 15 is 0 Å². The molecule has 0 saturated carbocycles. The highest BCUT2D eigenvalue weighted by Gasteiger charge is 2.28. The molecule has 26 heavy (non-hydrogen) atoms. The number of rotatable bonds is 4. The average molecular weight is 364 g/mol. The lowest BCUT2D eigenvalue weighted by molar-refractivity contribution is -0.156. The van der Waals surface area contributed by atoms with Crippen LogP contribution in [0.15, 0.2) is 34.2 Å². The Morgan fingerprint density at radius 2 is 2.19 bits per heavy atom. The van der Waals surface area contributed by atoms with Gasteiger partial charge < -0.3 is 14.6 Å². The molecule has 1 fully saturated rings. The maximum atomic E-state index is 12.4. The Balaban J connectivity index is 1.76. The maximum absolute atomic E-state index is 12.4. The van der Waals surface area contributed by atoms with Crippen LogP contribution in [-0.2, 0) is 4.74 Å². The molecule has 3 aromatic heterocycles. The highest BCUT2D eigenvalue weighted by atomic mass is 19.3. The van der Waals surface area contributed by atoms with Gasteiger partial charge in [0, 0.05) is 31.7 Å². The molecule has 0 unspecified atom stereocenters. The molecular weight excluding hydrogens is 350 g/mol. The van der Waals surface area contributed by atoms with Crippen molar-refractivity contribution in [1.29, 1.82) is 0 Å². The van der Waals surface area contributed by atoms with Gasteiger partial charge in [-0.1, -0.05) is 0 Å². The van der Waals surface area contributed by atoms with Gasteiger partial charge in [-0.15, -0.1) is 0 Å². The highest BCUT2D eigenvalue weighted by molar-refractivity contribution is 5.74. The molecule has 1 atom stereocenters. The largest absolute Gasteiger partial charge is 0.366 e. The minimum atomic E-state index is -2.82. The van der Waals surface area contributed by atoms with Crippen molar-refractivity contribution in [2.75, 3.05) is 18.0 Å². The minimum absolute atomic E-state index is 0.182. The van der Waals surface area contributed by atoms with Gasteiger partial charge in [-0.2, -0.15) is 13.9 Å². The number of H-pyrrole nitrogens is 2. The van der Waals surface area contributed by atoms with Crippen LogP contribution >= 0.6 is 0 Å². The number of aromatic amines is 2. The monoisotopic (exact) mass is 364 g/mol. The molecule has 0 spiro atoms. The molecule has 136 valence electrons. The summed E-state index contributed by atoms with van der Waals surface area (Å²) in [5, 5.41) is 4.33. The van der Waals surface area contributed by atoms with Crippen molar-refractivity contribution in [3.63, 3.8) is 0 Å². The molecule has 4 heterocycles. The third-order valence-corrected chi connectivity index (χ3v) is 4.22. The van der Waals surface area contributed by atoms with Gasteiger partial charge in [-0.05, 0) is 12.5 Å².